The number of nitrogens with one attached hydrogen (secondary N) is 3. The van der Waals surface area contributed by atoms with Crippen molar-refractivity contribution in [2.45, 2.75) is 39.5 Å². The Morgan fingerprint density at radius 3 is 2.65 bits per heavy atom. The third kappa shape index (κ3) is 6.79. The average molecular weight is 472 g/mol. The Morgan fingerprint density at radius 2 is 1.92 bits per heavy atom. The molecule has 3 N–H and O–H groups in total. The van der Waals surface area contributed by atoms with E-state index in [9.17, 15) is 0 Å². The molecule has 0 bridgehead atoms. The Balaban J connectivity index is 0.00000338. The van der Waals surface area contributed by atoms with E-state index in [1.54, 1.807) is 0 Å². The fourth-order valence-corrected chi connectivity index (χ4v) is 2.99. The Kier molecular flexibility index (Phi) is 11.4. The van der Waals surface area contributed by atoms with E-state index in [1.807, 2.05) is 14.0 Å². The first kappa shape index (κ1) is 22.8. The maximum Gasteiger partial charge on any atom is 0.190 e. The molecule has 2 rings (SSSR count). The predicted octanol–water partition coefficient (Wildman–Crippen LogP) is 3.87. The van der Waals surface area contributed by atoms with Gasteiger partial charge in [-0.3, -0.25) is 4.99 Å². The normalized spacial score (nSPS) is 11.4. The van der Waals surface area contributed by atoms with E-state index in [-0.39, 0.29) is 24.0 Å². The van der Waals surface area contributed by atoms with Crippen molar-refractivity contribution >= 4 is 40.8 Å². The number of rotatable bonds is 10. The van der Waals surface area contributed by atoms with Crippen molar-refractivity contribution in [2.75, 3.05) is 33.4 Å². The van der Waals surface area contributed by atoms with Gasteiger partial charge in [-0.2, -0.15) is 0 Å². The number of halogens is 1. The number of benzene rings is 1. The lowest BCUT2D eigenvalue weighted by atomic mass is 10.1. The lowest BCUT2D eigenvalue weighted by molar-refractivity contribution is 0.143. The smallest absolute Gasteiger partial charge is 0.190 e. The van der Waals surface area contributed by atoms with Gasteiger partial charge in [0.05, 0.1) is 0 Å². The van der Waals surface area contributed by atoms with Crippen molar-refractivity contribution in [3.8, 4) is 0 Å². The van der Waals surface area contributed by atoms with Crippen LogP contribution in [0.4, 0.5) is 0 Å². The highest BCUT2D eigenvalue weighted by Gasteiger charge is 2.06. The topological polar surface area (TPSA) is 61.4 Å². The number of unbranched alkanes of at least 4 members (excludes halogenated alkanes) is 1. The summed E-state index contributed by atoms with van der Waals surface area (Å²) in [7, 11) is 1.81. The van der Waals surface area contributed by atoms with Gasteiger partial charge in [0.1, 0.15) is 0 Å². The molecule has 0 aliphatic carbocycles. The van der Waals surface area contributed by atoms with Crippen molar-refractivity contribution in [1.29, 1.82) is 0 Å². The molecule has 1 aromatic heterocycles. The number of aryl methyl sites for hydroxylation is 1. The molecule has 26 heavy (non-hydrogen) atoms. The molecule has 0 amide bonds. The summed E-state index contributed by atoms with van der Waals surface area (Å²) >= 11 is 0. The quantitative estimate of drug-likeness (QED) is 0.213. The zero-order valence-corrected chi connectivity index (χ0v) is 18.6. The Bertz CT molecular complexity index is 669. The minimum absolute atomic E-state index is 0. The van der Waals surface area contributed by atoms with Crippen LogP contribution in [-0.2, 0) is 17.6 Å². The number of aliphatic imine (C=N–C) groups is 1. The number of hydrogen-bond donors (Lipinski definition) is 3. The van der Waals surface area contributed by atoms with Gasteiger partial charge in [0.2, 0.25) is 0 Å². The van der Waals surface area contributed by atoms with E-state index in [2.05, 4.69) is 51.9 Å². The van der Waals surface area contributed by atoms with Crippen LogP contribution >= 0.6 is 24.0 Å². The second-order valence-electron chi connectivity index (χ2n) is 6.09. The molecule has 0 atom stereocenters. The summed E-state index contributed by atoms with van der Waals surface area (Å²) < 4.78 is 5.35. The van der Waals surface area contributed by atoms with Crippen LogP contribution in [0.15, 0.2) is 29.4 Å². The van der Waals surface area contributed by atoms with Gasteiger partial charge in [-0.25, -0.2) is 0 Å². The van der Waals surface area contributed by atoms with Gasteiger partial charge < -0.3 is 20.4 Å². The summed E-state index contributed by atoms with van der Waals surface area (Å²) in [6, 6.07) is 6.54. The Hall–Kier alpha value is -1.28. The summed E-state index contributed by atoms with van der Waals surface area (Å²) in [6.45, 7) is 7.64. The summed E-state index contributed by atoms with van der Waals surface area (Å²) in [5.41, 5.74) is 4.00. The van der Waals surface area contributed by atoms with Crippen molar-refractivity contribution in [3.63, 3.8) is 0 Å². The summed E-state index contributed by atoms with van der Waals surface area (Å²) in [6.07, 6.45) is 6.32. The number of ether oxygens (including phenoxy) is 1. The van der Waals surface area contributed by atoms with E-state index in [4.69, 9.17) is 4.74 Å². The molecule has 0 aliphatic heterocycles. The molecule has 0 saturated heterocycles. The molecule has 5 nitrogen and oxygen atoms in total. The van der Waals surface area contributed by atoms with Gasteiger partial charge in [0.25, 0.3) is 0 Å². The Morgan fingerprint density at radius 1 is 1.12 bits per heavy atom. The standard InChI is InChI=1S/C20H32N4O.HI/c1-4-16-9-8-10-18-17(15-24-19(16)18)11-13-23-20(21-3)22-12-6-7-14-25-5-2;/h8-10,15,24H,4-7,11-14H2,1-3H3,(H2,21,22,23);1H. The van der Waals surface area contributed by atoms with Crippen LogP contribution in [-0.4, -0.2) is 44.3 Å². The van der Waals surface area contributed by atoms with E-state index >= 15 is 0 Å². The molecule has 1 heterocycles. The summed E-state index contributed by atoms with van der Waals surface area (Å²) in [5.74, 6) is 0.866. The highest BCUT2D eigenvalue weighted by atomic mass is 127. The third-order valence-electron chi connectivity index (χ3n) is 4.39. The maximum absolute atomic E-state index is 5.35. The minimum Gasteiger partial charge on any atom is -0.382 e. The number of hydrogen-bond acceptors (Lipinski definition) is 2. The van der Waals surface area contributed by atoms with Crippen molar-refractivity contribution in [2.24, 2.45) is 4.99 Å². The number of aromatic nitrogens is 1. The van der Waals surface area contributed by atoms with Crippen molar-refractivity contribution in [3.05, 3.63) is 35.5 Å². The maximum atomic E-state index is 5.35. The first-order valence-electron chi connectivity index (χ1n) is 9.40. The highest BCUT2D eigenvalue weighted by Crippen LogP contribution is 2.22. The molecular weight excluding hydrogens is 439 g/mol. The molecular formula is C20H33IN4O. The minimum atomic E-state index is 0. The van der Waals surface area contributed by atoms with Crippen LogP contribution in [0.5, 0.6) is 0 Å². The first-order valence-corrected chi connectivity index (χ1v) is 9.40. The SMILES string of the molecule is CCOCCCCNC(=NC)NCCc1c[nH]c2c(CC)cccc12.I. The molecule has 1 aromatic carbocycles. The molecule has 2 aromatic rings. The van der Waals surface area contributed by atoms with Gasteiger partial charge >= 0.3 is 0 Å². The predicted molar refractivity (Wildman–Crippen MR) is 122 cm³/mol. The molecule has 0 aliphatic rings. The van der Waals surface area contributed by atoms with Crippen molar-refractivity contribution in [1.82, 2.24) is 15.6 Å². The third-order valence-corrected chi connectivity index (χ3v) is 4.39. The lowest BCUT2D eigenvalue weighted by Gasteiger charge is -2.11. The number of fused-ring (bicyclic) bond motifs is 1. The van der Waals surface area contributed by atoms with Gasteiger partial charge in [-0.05, 0) is 43.7 Å². The molecule has 0 saturated carbocycles. The van der Waals surface area contributed by atoms with Gasteiger partial charge in [-0.1, -0.05) is 25.1 Å². The highest BCUT2D eigenvalue weighted by molar-refractivity contribution is 14.0. The number of nitrogens with zero attached hydrogens (tertiary/aromatic N) is 1. The fourth-order valence-electron chi connectivity index (χ4n) is 2.99. The fraction of sp³-hybridized carbons (Fsp3) is 0.550. The van der Waals surface area contributed by atoms with E-state index in [0.717, 1.165) is 57.9 Å². The van der Waals surface area contributed by atoms with Crippen LogP contribution in [0, 0.1) is 0 Å². The molecule has 0 fully saturated rings. The number of H-pyrrole nitrogens is 1. The Labute approximate surface area is 174 Å². The molecule has 0 radical (unpaired) electrons. The van der Waals surface area contributed by atoms with Crippen LogP contribution < -0.4 is 10.6 Å². The zero-order chi connectivity index (χ0) is 17.9. The van der Waals surface area contributed by atoms with Crippen LogP contribution in [0.25, 0.3) is 10.9 Å². The summed E-state index contributed by atoms with van der Waals surface area (Å²) in [4.78, 5) is 7.72. The van der Waals surface area contributed by atoms with Crippen LogP contribution in [0.1, 0.15) is 37.8 Å². The monoisotopic (exact) mass is 472 g/mol. The number of guanidine groups is 1. The van der Waals surface area contributed by atoms with E-state index in [0.29, 0.717) is 0 Å². The molecule has 0 unspecified atom stereocenters. The first-order chi connectivity index (χ1) is 12.3. The number of para-hydroxylation sites is 1. The molecule has 6 heteroatoms. The summed E-state index contributed by atoms with van der Waals surface area (Å²) in [5, 5.41) is 8.09. The van der Waals surface area contributed by atoms with E-state index in [1.165, 1.54) is 22.0 Å². The van der Waals surface area contributed by atoms with Gasteiger partial charge in [-0.15, -0.1) is 24.0 Å². The molecule has 0 spiro atoms. The second-order valence-corrected chi connectivity index (χ2v) is 6.09. The van der Waals surface area contributed by atoms with Gasteiger partial charge in [0, 0.05) is 50.5 Å². The van der Waals surface area contributed by atoms with E-state index < -0.39 is 0 Å². The van der Waals surface area contributed by atoms with Crippen LogP contribution in [0.2, 0.25) is 0 Å². The largest absolute Gasteiger partial charge is 0.382 e. The molecule has 146 valence electrons. The average Bonchev–Trinajstić information content (AvgIpc) is 3.06. The lowest BCUT2D eigenvalue weighted by Crippen LogP contribution is -2.38. The zero-order valence-electron chi connectivity index (χ0n) is 16.2. The van der Waals surface area contributed by atoms with Crippen LogP contribution in [0.3, 0.4) is 0 Å². The van der Waals surface area contributed by atoms with Crippen molar-refractivity contribution < 1.29 is 4.74 Å². The van der Waals surface area contributed by atoms with Gasteiger partial charge in [0.15, 0.2) is 5.96 Å². The number of aromatic amines is 1. The second kappa shape index (κ2) is 13.0.